The van der Waals surface area contributed by atoms with Crippen LogP contribution in [-0.4, -0.2) is 34.7 Å². The number of rotatable bonds is 5. The monoisotopic (exact) mass is 314 g/mol. The van der Waals surface area contributed by atoms with Crippen molar-refractivity contribution in [2.45, 2.75) is 70.0 Å². The molecule has 0 heterocycles. The Balaban J connectivity index is 2.98. The van der Waals surface area contributed by atoms with Gasteiger partial charge in [0, 0.05) is 18.3 Å². The Labute approximate surface area is 127 Å². The first-order valence-corrected chi connectivity index (χ1v) is 14.2. The molecule has 0 fully saturated rings. The Morgan fingerprint density at radius 2 is 1.75 bits per heavy atom. The van der Waals surface area contributed by atoms with Crippen LogP contribution in [0.4, 0.5) is 0 Å². The fourth-order valence-corrected chi connectivity index (χ4v) is 6.52. The van der Waals surface area contributed by atoms with Gasteiger partial charge < -0.3 is 9.53 Å². The third-order valence-corrected chi connectivity index (χ3v) is 13.6. The van der Waals surface area contributed by atoms with Crippen molar-refractivity contribution in [3.05, 3.63) is 12.2 Å². The van der Waals surface area contributed by atoms with Gasteiger partial charge >= 0.3 is 0 Å². The first-order valence-electron chi connectivity index (χ1n) is 7.80. The van der Waals surface area contributed by atoms with Crippen molar-refractivity contribution in [2.75, 3.05) is 13.2 Å². The zero-order valence-corrected chi connectivity index (χ0v) is 16.7. The van der Waals surface area contributed by atoms with Gasteiger partial charge in [0.15, 0.2) is 8.32 Å². The second-order valence-electron chi connectivity index (χ2n) is 8.86. The van der Waals surface area contributed by atoms with Gasteiger partial charge in [0.1, 0.15) is 0 Å². The summed E-state index contributed by atoms with van der Waals surface area (Å²) < 4.78 is 6.55. The molecule has 0 bridgehead atoms. The minimum absolute atomic E-state index is 0.0945. The van der Waals surface area contributed by atoms with E-state index in [4.69, 9.17) is 4.43 Å². The summed E-state index contributed by atoms with van der Waals surface area (Å²) in [5.41, 5.74) is 0. The Morgan fingerprint density at radius 3 is 2.15 bits per heavy atom. The summed E-state index contributed by atoms with van der Waals surface area (Å²) in [7, 11) is -3.20. The lowest BCUT2D eigenvalue weighted by Gasteiger charge is -2.47. The SMILES string of the molecule is CC(C)(C)[Si](C)(C)OCC1([Si](C)(C)C)C=CCC1CO. The van der Waals surface area contributed by atoms with Gasteiger partial charge in [0.2, 0.25) is 0 Å². The van der Waals surface area contributed by atoms with Crippen LogP contribution in [0.5, 0.6) is 0 Å². The lowest BCUT2D eigenvalue weighted by molar-refractivity contribution is 0.161. The summed E-state index contributed by atoms with van der Waals surface area (Å²) in [5.74, 6) is 0.346. The molecule has 1 aliphatic rings. The zero-order valence-electron chi connectivity index (χ0n) is 14.7. The highest BCUT2D eigenvalue weighted by atomic mass is 28.4. The maximum absolute atomic E-state index is 9.79. The number of allylic oxidation sites excluding steroid dienone is 1. The molecule has 1 rings (SSSR count). The highest BCUT2D eigenvalue weighted by molar-refractivity contribution is 6.80. The van der Waals surface area contributed by atoms with E-state index in [9.17, 15) is 5.11 Å². The van der Waals surface area contributed by atoms with Gasteiger partial charge in [-0.3, -0.25) is 0 Å². The molecule has 0 aliphatic heterocycles. The molecule has 118 valence electrons. The Bertz CT molecular complexity index is 364. The normalized spacial score (nSPS) is 28.1. The van der Waals surface area contributed by atoms with Gasteiger partial charge in [-0.1, -0.05) is 52.6 Å². The van der Waals surface area contributed by atoms with Crippen molar-refractivity contribution in [3.8, 4) is 0 Å². The fraction of sp³-hybridized carbons (Fsp3) is 0.875. The summed E-state index contributed by atoms with van der Waals surface area (Å²) >= 11 is 0. The molecule has 1 aliphatic carbocycles. The molecule has 2 atom stereocenters. The molecule has 20 heavy (non-hydrogen) atoms. The predicted molar refractivity (Wildman–Crippen MR) is 93.5 cm³/mol. The standard InChI is InChI=1S/C16H34O2Si2/c1-15(2,3)20(7,8)18-13-16(19(4,5)6)11-9-10-14(16)12-17/h9,11,14,17H,10,12-13H2,1-8H3. The van der Waals surface area contributed by atoms with Crippen molar-refractivity contribution in [3.63, 3.8) is 0 Å². The summed E-state index contributed by atoms with van der Waals surface area (Å²) in [6.07, 6.45) is 5.63. The van der Waals surface area contributed by atoms with Gasteiger partial charge in [0.25, 0.3) is 0 Å². The lowest BCUT2D eigenvalue weighted by Crippen LogP contribution is -2.50. The van der Waals surface area contributed by atoms with Crippen molar-refractivity contribution in [1.29, 1.82) is 0 Å². The van der Waals surface area contributed by atoms with Gasteiger partial charge in [-0.2, -0.15) is 0 Å². The minimum atomic E-state index is -1.73. The predicted octanol–water partition coefficient (Wildman–Crippen LogP) is 4.66. The van der Waals surface area contributed by atoms with Crippen molar-refractivity contribution < 1.29 is 9.53 Å². The van der Waals surface area contributed by atoms with Crippen LogP contribution < -0.4 is 0 Å². The molecule has 2 unspecified atom stereocenters. The molecule has 0 amide bonds. The Hall–Kier alpha value is 0.0938. The second-order valence-corrected chi connectivity index (χ2v) is 19.1. The maximum atomic E-state index is 9.79. The van der Waals surface area contributed by atoms with Crippen LogP contribution in [0.3, 0.4) is 0 Å². The Kier molecular flexibility index (Phi) is 5.18. The average Bonchev–Trinajstić information content (AvgIpc) is 2.68. The zero-order chi connectivity index (χ0) is 15.8. The number of aliphatic hydroxyl groups is 1. The van der Waals surface area contributed by atoms with E-state index in [0.29, 0.717) is 5.92 Å². The molecule has 2 nitrogen and oxygen atoms in total. The summed E-state index contributed by atoms with van der Waals surface area (Å²) in [6.45, 7) is 19.8. The molecule has 0 aromatic rings. The Morgan fingerprint density at radius 1 is 1.20 bits per heavy atom. The van der Waals surface area contributed by atoms with Crippen LogP contribution in [0.1, 0.15) is 27.2 Å². The molecular formula is C16H34O2Si2. The van der Waals surface area contributed by atoms with E-state index in [0.717, 1.165) is 13.0 Å². The quantitative estimate of drug-likeness (QED) is 0.591. The molecule has 0 spiro atoms. The third-order valence-electron chi connectivity index (χ3n) is 5.66. The van der Waals surface area contributed by atoms with E-state index in [1.807, 2.05) is 0 Å². The van der Waals surface area contributed by atoms with E-state index in [2.05, 4.69) is 65.7 Å². The topological polar surface area (TPSA) is 29.5 Å². The highest BCUT2D eigenvalue weighted by Gasteiger charge is 2.50. The largest absolute Gasteiger partial charge is 0.416 e. The van der Waals surface area contributed by atoms with Gasteiger partial charge in [-0.15, -0.1) is 0 Å². The van der Waals surface area contributed by atoms with Crippen molar-refractivity contribution in [1.82, 2.24) is 0 Å². The van der Waals surface area contributed by atoms with Crippen LogP contribution >= 0.6 is 0 Å². The molecule has 1 N–H and O–H groups in total. The number of hydrogen-bond acceptors (Lipinski definition) is 2. The average molecular weight is 315 g/mol. The molecule has 0 saturated heterocycles. The highest BCUT2D eigenvalue weighted by Crippen LogP contribution is 2.53. The third kappa shape index (κ3) is 3.29. The fourth-order valence-electron chi connectivity index (χ4n) is 2.79. The van der Waals surface area contributed by atoms with Crippen LogP contribution in [0.2, 0.25) is 42.8 Å². The van der Waals surface area contributed by atoms with Crippen LogP contribution in [0, 0.1) is 5.92 Å². The molecule has 0 aromatic carbocycles. The van der Waals surface area contributed by atoms with E-state index in [-0.39, 0.29) is 16.7 Å². The second kappa shape index (κ2) is 5.71. The molecular weight excluding hydrogens is 280 g/mol. The van der Waals surface area contributed by atoms with E-state index in [1.165, 1.54) is 0 Å². The summed E-state index contributed by atoms with van der Waals surface area (Å²) in [6, 6.07) is 0. The van der Waals surface area contributed by atoms with E-state index >= 15 is 0 Å². The van der Waals surface area contributed by atoms with Gasteiger partial charge in [-0.05, 0) is 30.5 Å². The summed E-state index contributed by atoms with van der Waals surface area (Å²) in [4.78, 5) is 0. The maximum Gasteiger partial charge on any atom is 0.192 e. The summed E-state index contributed by atoms with van der Waals surface area (Å²) in [5, 5.41) is 10.1. The van der Waals surface area contributed by atoms with Crippen LogP contribution in [0.15, 0.2) is 12.2 Å². The van der Waals surface area contributed by atoms with Gasteiger partial charge in [0.05, 0.1) is 8.07 Å². The first-order chi connectivity index (χ1) is 8.87. The van der Waals surface area contributed by atoms with Gasteiger partial charge in [-0.25, -0.2) is 0 Å². The smallest absolute Gasteiger partial charge is 0.192 e. The molecule has 0 radical (unpaired) electrons. The molecule has 0 aromatic heterocycles. The van der Waals surface area contributed by atoms with Crippen LogP contribution in [0.25, 0.3) is 0 Å². The molecule has 0 saturated carbocycles. The van der Waals surface area contributed by atoms with E-state index in [1.54, 1.807) is 0 Å². The lowest BCUT2D eigenvalue weighted by atomic mass is 9.96. The first kappa shape index (κ1) is 18.1. The van der Waals surface area contributed by atoms with Crippen molar-refractivity contribution >= 4 is 16.4 Å². The van der Waals surface area contributed by atoms with Crippen LogP contribution in [-0.2, 0) is 4.43 Å². The molecule has 4 heteroatoms. The number of aliphatic hydroxyl groups excluding tert-OH is 1. The van der Waals surface area contributed by atoms with Crippen molar-refractivity contribution in [2.24, 2.45) is 5.92 Å². The number of hydrogen-bond donors (Lipinski definition) is 1. The minimum Gasteiger partial charge on any atom is -0.416 e. The van der Waals surface area contributed by atoms with E-state index < -0.39 is 16.4 Å².